The van der Waals surface area contributed by atoms with Crippen LogP contribution in [0.25, 0.3) is 0 Å². The number of thioether (sulfide) groups is 1. The van der Waals surface area contributed by atoms with Crippen molar-refractivity contribution < 1.29 is 13.2 Å². The number of nitrogens with zero attached hydrogens (tertiary/aromatic N) is 3. The summed E-state index contributed by atoms with van der Waals surface area (Å²) in [5.41, 5.74) is 2.02. The van der Waals surface area contributed by atoms with Crippen LogP contribution in [0.1, 0.15) is 11.1 Å². The Morgan fingerprint density at radius 2 is 1.81 bits per heavy atom. The molecule has 2 heterocycles. The number of hydrogen-bond donors (Lipinski definition) is 0. The van der Waals surface area contributed by atoms with E-state index >= 15 is 0 Å². The number of piperazine rings is 1. The van der Waals surface area contributed by atoms with Crippen LogP contribution >= 0.6 is 11.8 Å². The predicted molar refractivity (Wildman–Crippen MR) is 106 cm³/mol. The lowest BCUT2D eigenvalue weighted by molar-refractivity contribution is -0.129. The van der Waals surface area contributed by atoms with Crippen molar-refractivity contribution in [2.24, 2.45) is 0 Å². The first-order chi connectivity index (χ1) is 12.9. The van der Waals surface area contributed by atoms with Crippen LogP contribution < -0.4 is 0 Å². The molecule has 0 aliphatic carbocycles. The Kier molecular flexibility index (Phi) is 6.18. The second kappa shape index (κ2) is 8.41. The summed E-state index contributed by atoms with van der Waals surface area (Å²) in [6.07, 6.45) is 1.70. The zero-order chi connectivity index (χ0) is 19.4. The van der Waals surface area contributed by atoms with Gasteiger partial charge in [0.15, 0.2) is 0 Å². The summed E-state index contributed by atoms with van der Waals surface area (Å²) in [7, 11) is -3.53. The molecule has 27 heavy (non-hydrogen) atoms. The van der Waals surface area contributed by atoms with Crippen LogP contribution in [-0.2, 0) is 14.8 Å². The van der Waals surface area contributed by atoms with Crippen LogP contribution in [0.15, 0.2) is 52.5 Å². The summed E-state index contributed by atoms with van der Waals surface area (Å²) in [4.78, 5) is 18.6. The van der Waals surface area contributed by atoms with Gasteiger partial charge in [0.1, 0.15) is 0 Å². The summed E-state index contributed by atoms with van der Waals surface area (Å²) in [5.74, 6) is 0.315. The lowest BCUT2D eigenvalue weighted by Crippen LogP contribution is -2.50. The number of benzene rings is 1. The van der Waals surface area contributed by atoms with Gasteiger partial charge in [-0.25, -0.2) is 13.4 Å². The van der Waals surface area contributed by atoms with E-state index in [2.05, 4.69) is 4.98 Å². The maximum Gasteiger partial charge on any atom is 0.243 e. The Morgan fingerprint density at radius 3 is 2.44 bits per heavy atom. The van der Waals surface area contributed by atoms with Gasteiger partial charge in [-0.1, -0.05) is 23.9 Å². The highest BCUT2D eigenvalue weighted by molar-refractivity contribution is 7.99. The van der Waals surface area contributed by atoms with E-state index in [1.54, 1.807) is 23.2 Å². The van der Waals surface area contributed by atoms with E-state index in [0.717, 1.165) is 16.2 Å². The van der Waals surface area contributed by atoms with Crippen LogP contribution in [-0.4, -0.2) is 60.4 Å². The molecular weight excluding hydrogens is 382 g/mol. The minimum Gasteiger partial charge on any atom is -0.339 e. The molecule has 1 amide bonds. The van der Waals surface area contributed by atoms with Gasteiger partial charge >= 0.3 is 0 Å². The first-order valence-electron chi connectivity index (χ1n) is 8.77. The fourth-order valence-electron chi connectivity index (χ4n) is 2.86. The lowest BCUT2D eigenvalue weighted by atomic mass is 10.1. The normalized spacial score (nSPS) is 15.7. The molecule has 1 aliphatic rings. The third-order valence-electron chi connectivity index (χ3n) is 4.69. The molecular formula is C19H23N3O3S2. The molecule has 1 aliphatic heterocycles. The van der Waals surface area contributed by atoms with Crippen molar-refractivity contribution in [3.05, 3.63) is 53.7 Å². The molecule has 1 aromatic heterocycles. The van der Waals surface area contributed by atoms with Crippen LogP contribution in [0.3, 0.4) is 0 Å². The van der Waals surface area contributed by atoms with Crippen molar-refractivity contribution in [2.45, 2.75) is 23.8 Å². The molecule has 1 saturated heterocycles. The second-order valence-corrected chi connectivity index (χ2v) is 9.42. The second-order valence-electron chi connectivity index (χ2n) is 6.49. The van der Waals surface area contributed by atoms with Crippen molar-refractivity contribution in [3.8, 4) is 0 Å². The zero-order valence-corrected chi connectivity index (χ0v) is 17.1. The number of pyridine rings is 1. The zero-order valence-electron chi connectivity index (χ0n) is 15.5. The number of hydrogen-bond acceptors (Lipinski definition) is 5. The van der Waals surface area contributed by atoms with Crippen molar-refractivity contribution in [1.29, 1.82) is 0 Å². The first kappa shape index (κ1) is 19.9. The Hall–Kier alpha value is -1.90. The maximum absolute atomic E-state index is 12.8. The summed E-state index contributed by atoms with van der Waals surface area (Å²) in [6, 6.07) is 10.8. The lowest BCUT2D eigenvalue weighted by Gasteiger charge is -2.34. The minimum atomic E-state index is -3.53. The van der Waals surface area contributed by atoms with Gasteiger partial charge in [0.25, 0.3) is 0 Å². The van der Waals surface area contributed by atoms with Crippen molar-refractivity contribution in [2.75, 3.05) is 31.9 Å². The molecule has 0 bridgehead atoms. The Labute approximate surface area is 164 Å². The molecule has 8 heteroatoms. The smallest absolute Gasteiger partial charge is 0.243 e. The third-order valence-corrected chi connectivity index (χ3v) is 7.51. The molecule has 0 unspecified atom stereocenters. The number of carbonyl (C=O) groups excluding carboxylic acids is 1. The van der Waals surface area contributed by atoms with Gasteiger partial charge < -0.3 is 4.90 Å². The van der Waals surface area contributed by atoms with Gasteiger partial charge in [-0.15, -0.1) is 0 Å². The van der Waals surface area contributed by atoms with Gasteiger partial charge in [-0.2, -0.15) is 4.31 Å². The number of aromatic nitrogens is 1. The number of amides is 1. The molecule has 0 saturated carbocycles. The Balaban J connectivity index is 1.57. The summed E-state index contributed by atoms with van der Waals surface area (Å²) in [5, 5.41) is 0.807. The van der Waals surface area contributed by atoms with Crippen LogP contribution in [0, 0.1) is 13.8 Å². The fraction of sp³-hybridized carbons (Fsp3) is 0.368. The molecule has 0 spiro atoms. The van der Waals surface area contributed by atoms with E-state index in [-0.39, 0.29) is 5.91 Å². The van der Waals surface area contributed by atoms with E-state index in [0.29, 0.717) is 36.8 Å². The highest BCUT2D eigenvalue weighted by atomic mass is 32.2. The molecule has 1 aromatic carbocycles. The predicted octanol–water partition coefficient (Wildman–Crippen LogP) is 2.32. The number of aryl methyl sites for hydroxylation is 2. The molecule has 0 radical (unpaired) electrons. The Bertz CT molecular complexity index is 909. The van der Waals surface area contributed by atoms with Crippen LogP contribution in [0.5, 0.6) is 0 Å². The van der Waals surface area contributed by atoms with E-state index in [4.69, 9.17) is 0 Å². The summed E-state index contributed by atoms with van der Waals surface area (Å²) >= 11 is 1.39. The van der Waals surface area contributed by atoms with Crippen molar-refractivity contribution in [3.63, 3.8) is 0 Å². The standard InChI is InChI=1S/C19H23N3O3S2/c1-15-6-7-17(13-16(15)2)27(24,25)22-11-9-21(10-12-22)19(23)14-26-18-5-3-4-8-20-18/h3-8,13H,9-12,14H2,1-2H3. The van der Waals surface area contributed by atoms with Crippen molar-refractivity contribution in [1.82, 2.24) is 14.2 Å². The number of sulfonamides is 1. The largest absolute Gasteiger partial charge is 0.339 e. The summed E-state index contributed by atoms with van der Waals surface area (Å²) < 4.78 is 27.2. The average Bonchev–Trinajstić information content (AvgIpc) is 2.69. The third kappa shape index (κ3) is 4.69. The molecule has 0 N–H and O–H groups in total. The van der Waals surface area contributed by atoms with E-state index in [9.17, 15) is 13.2 Å². The first-order valence-corrected chi connectivity index (χ1v) is 11.2. The van der Waals surface area contributed by atoms with Gasteiger partial charge in [-0.05, 0) is 49.2 Å². The molecule has 1 fully saturated rings. The molecule has 0 atom stereocenters. The van der Waals surface area contributed by atoms with Gasteiger partial charge in [0.05, 0.1) is 15.7 Å². The number of rotatable bonds is 5. The Morgan fingerprint density at radius 1 is 1.07 bits per heavy atom. The van der Waals surface area contributed by atoms with Gasteiger partial charge in [-0.3, -0.25) is 4.79 Å². The summed E-state index contributed by atoms with van der Waals surface area (Å²) in [6.45, 7) is 5.31. The monoisotopic (exact) mass is 405 g/mol. The van der Waals surface area contributed by atoms with E-state index in [1.165, 1.54) is 16.1 Å². The number of carbonyl (C=O) groups is 1. The fourth-order valence-corrected chi connectivity index (χ4v) is 5.13. The topological polar surface area (TPSA) is 70.6 Å². The SMILES string of the molecule is Cc1ccc(S(=O)(=O)N2CCN(C(=O)CSc3ccccn3)CC2)cc1C. The maximum atomic E-state index is 12.8. The van der Waals surface area contributed by atoms with Crippen LogP contribution in [0.2, 0.25) is 0 Å². The van der Waals surface area contributed by atoms with Crippen molar-refractivity contribution >= 4 is 27.7 Å². The minimum absolute atomic E-state index is 0.00822. The van der Waals surface area contributed by atoms with E-state index in [1.807, 2.05) is 38.1 Å². The average molecular weight is 406 g/mol. The molecule has 3 rings (SSSR count). The quantitative estimate of drug-likeness (QED) is 0.714. The molecule has 6 nitrogen and oxygen atoms in total. The van der Waals surface area contributed by atoms with E-state index < -0.39 is 10.0 Å². The van der Waals surface area contributed by atoms with Gasteiger partial charge in [0, 0.05) is 32.4 Å². The molecule has 144 valence electrons. The van der Waals surface area contributed by atoms with Gasteiger partial charge in [0.2, 0.25) is 15.9 Å². The molecule has 2 aromatic rings. The van der Waals surface area contributed by atoms with Crippen LogP contribution in [0.4, 0.5) is 0 Å². The highest BCUT2D eigenvalue weighted by Gasteiger charge is 2.30. The highest BCUT2D eigenvalue weighted by Crippen LogP contribution is 2.21.